The summed E-state index contributed by atoms with van der Waals surface area (Å²) in [6.45, 7) is 0. The molecule has 2 atom stereocenters. The standard InChI is InChI=1S/C17H16N2O2/c1-18-17(20)14-15(12-8-4-2-5-9-12)19-21-16(14)13-10-6-3-7-11-13/h2-11,14,16H,1H3,(H,18,20)/t14-,16+/m1/s1. The van der Waals surface area contributed by atoms with E-state index in [9.17, 15) is 4.79 Å². The normalized spacial score (nSPS) is 20.5. The first-order chi connectivity index (χ1) is 10.3. The average Bonchev–Trinajstić information content (AvgIpc) is 3.00. The van der Waals surface area contributed by atoms with Crippen LogP contribution in [-0.4, -0.2) is 18.7 Å². The molecule has 4 heteroatoms. The lowest BCUT2D eigenvalue weighted by atomic mass is 9.88. The molecule has 0 radical (unpaired) electrons. The van der Waals surface area contributed by atoms with Crippen molar-refractivity contribution in [3.63, 3.8) is 0 Å². The van der Waals surface area contributed by atoms with Crippen molar-refractivity contribution in [2.75, 3.05) is 7.05 Å². The maximum Gasteiger partial charge on any atom is 0.233 e. The highest BCUT2D eigenvalue weighted by molar-refractivity contribution is 6.14. The van der Waals surface area contributed by atoms with Gasteiger partial charge in [0, 0.05) is 12.6 Å². The lowest BCUT2D eigenvalue weighted by Crippen LogP contribution is -2.35. The SMILES string of the molecule is CNC(=O)[C@@H]1C(c2ccccc2)=NO[C@H]1c1ccccc1. The van der Waals surface area contributed by atoms with Gasteiger partial charge in [-0.05, 0) is 5.56 Å². The first kappa shape index (κ1) is 13.4. The van der Waals surface area contributed by atoms with Gasteiger partial charge in [-0.1, -0.05) is 65.8 Å². The fourth-order valence-electron chi connectivity index (χ4n) is 2.53. The third-order valence-corrected chi connectivity index (χ3v) is 3.59. The summed E-state index contributed by atoms with van der Waals surface area (Å²) in [6.07, 6.45) is -0.388. The lowest BCUT2D eigenvalue weighted by Gasteiger charge is -2.17. The molecular formula is C17H16N2O2. The van der Waals surface area contributed by atoms with Gasteiger partial charge in [-0.25, -0.2) is 0 Å². The predicted molar refractivity (Wildman–Crippen MR) is 80.8 cm³/mol. The Morgan fingerprint density at radius 2 is 1.67 bits per heavy atom. The lowest BCUT2D eigenvalue weighted by molar-refractivity contribution is -0.125. The van der Waals surface area contributed by atoms with Gasteiger partial charge in [0.1, 0.15) is 11.6 Å². The van der Waals surface area contributed by atoms with Crippen LogP contribution in [0.3, 0.4) is 0 Å². The Hall–Kier alpha value is -2.62. The molecule has 1 heterocycles. The van der Waals surface area contributed by atoms with E-state index in [-0.39, 0.29) is 12.0 Å². The summed E-state index contributed by atoms with van der Waals surface area (Å²) in [5.41, 5.74) is 2.52. The number of benzene rings is 2. The summed E-state index contributed by atoms with van der Waals surface area (Å²) in [6, 6.07) is 19.4. The second-order valence-corrected chi connectivity index (χ2v) is 4.87. The zero-order chi connectivity index (χ0) is 14.7. The number of amides is 1. The van der Waals surface area contributed by atoms with Gasteiger partial charge < -0.3 is 10.2 Å². The molecule has 0 fully saturated rings. The van der Waals surface area contributed by atoms with Crippen molar-refractivity contribution in [3.05, 3.63) is 71.8 Å². The van der Waals surface area contributed by atoms with Gasteiger partial charge in [-0.15, -0.1) is 0 Å². The molecule has 3 rings (SSSR count). The Morgan fingerprint density at radius 3 is 2.29 bits per heavy atom. The number of nitrogens with one attached hydrogen (secondary N) is 1. The molecule has 1 aliphatic rings. The van der Waals surface area contributed by atoms with E-state index < -0.39 is 5.92 Å². The van der Waals surface area contributed by atoms with Crippen molar-refractivity contribution in [2.45, 2.75) is 6.10 Å². The maximum atomic E-state index is 12.3. The molecule has 21 heavy (non-hydrogen) atoms. The number of hydrogen-bond acceptors (Lipinski definition) is 3. The second kappa shape index (κ2) is 5.79. The maximum absolute atomic E-state index is 12.3. The zero-order valence-corrected chi connectivity index (χ0v) is 11.7. The minimum absolute atomic E-state index is 0.0936. The van der Waals surface area contributed by atoms with Crippen LogP contribution in [0.15, 0.2) is 65.8 Å². The predicted octanol–water partition coefficient (Wildman–Crippen LogP) is 2.52. The Balaban J connectivity index is 1.98. The van der Waals surface area contributed by atoms with Crippen LogP contribution >= 0.6 is 0 Å². The van der Waals surface area contributed by atoms with E-state index >= 15 is 0 Å². The summed E-state index contributed by atoms with van der Waals surface area (Å²) in [5, 5.41) is 6.88. The highest BCUT2D eigenvalue weighted by Crippen LogP contribution is 2.35. The minimum Gasteiger partial charge on any atom is -0.386 e. The summed E-state index contributed by atoms with van der Waals surface area (Å²) < 4.78 is 0. The topological polar surface area (TPSA) is 50.7 Å². The van der Waals surface area contributed by atoms with Crippen LogP contribution in [0.5, 0.6) is 0 Å². The Labute approximate surface area is 123 Å². The van der Waals surface area contributed by atoms with Crippen LogP contribution in [0.1, 0.15) is 17.2 Å². The Bertz CT molecular complexity index is 653. The molecule has 2 aromatic carbocycles. The summed E-state index contributed by atoms with van der Waals surface area (Å²) in [4.78, 5) is 17.9. The van der Waals surface area contributed by atoms with Crippen molar-refractivity contribution in [1.82, 2.24) is 5.32 Å². The van der Waals surface area contributed by atoms with E-state index in [1.165, 1.54) is 0 Å². The van der Waals surface area contributed by atoms with Crippen molar-refractivity contribution < 1.29 is 9.63 Å². The van der Waals surface area contributed by atoms with Gasteiger partial charge in [0.25, 0.3) is 0 Å². The molecule has 1 N–H and O–H groups in total. The van der Waals surface area contributed by atoms with E-state index in [0.29, 0.717) is 5.71 Å². The third kappa shape index (κ3) is 2.52. The highest BCUT2D eigenvalue weighted by Gasteiger charge is 2.40. The fraction of sp³-hybridized carbons (Fsp3) is 0.176. The van der Waals surface area contributed by atoms with E-state index in [4.69, 9.17) is 4.84 Å². The van der Waals surface area contributed by atoms with Gasteiger partial charge in [-0.3, -0.25) is 4.79 Å². The summed E-state index contributed by atoms with van der Waals surface area (Å²) >= 11 is 0. The molecule has 0 aliphatic carbocycles. The molecule has 0 bridgehead atoms. The van der Waals surface area contributed by atoms with Gasteiger partial charge in [0.05, 0.1) is 0 Å². The smallest absolute Gasteiger partial charge is 0.233 e. The second-order valence-electron chi connectivity index (χ2n) is 4.87. The molecule has 0 unspecified atom stereocenters. The van der Waals surface area contributed by atoms with Crippen LogP contribution in [0.2, 0.25) is 0 Å². The molecule has 1 amide bonds. The number of hydrogen-bond donors (Lipinski definition) is 1. The Morgan fingerprint density at radius 1 is 1.05 bits per heavy atom. The van der Waals surface area contributed by atoms with Crippen molar-refractivity contribution in [2.24, 2.45) is 11.1 Å². The monoisotopic (exact) mass is 280 g/mol. The summed E-state index contributed by atoms with van der Waals surface area (Å²) in [7, 11) is 1.63. The number of carbonyl (C=O) groups is 1. The molecule has 0 saturated carbocycles. The molecule has 1 aliphatic heterocycles. The van der Waals surface area contributed by atoms with Crippen molar-refractivity contribution in [3.8, 4) is 0 Å². The van der Waals surface area contributed by atoms with Crippen LogP contribution in [0, 0.1) is 5.92 Å². The van der Waals surface area contributed by atoms with E-state index in [1.54, 1.807) is 7.05 Å². The molecule has 2 aromatic rings. The van der Waals surface area contributed by atoms with Gasteiger partial charge in [0.2, 0.25) is 5.91 Å². The largest absolute Gasteiger partial charge is 0.386 e. The van der Waals surface area contributed by atoms with E-state index in [1.807, 2.05) is 60.7 Å². The average molecular weight is 280 g/mol. The van der Waals surface area contributed by atoms with Gasteiger partial charge >= 0.3 is 0 Å². The number of carbonyl (C=O) groups excluding carboxylic acids is 1. The molecule has 4 nitrogen and oxygen atoms in total. The molecular weight excluding hydrogens is 264 g/mol. The number of oxime groups is 1. The van der Waals surface area contributed by atoms with Gasteiger partial charge in [0.15, 0.2) is 6.10 Å². The molecule has 106 valence electrons. The first-order valence-corrected chi connectivity index (χ1v) is 6.87. The van der Waals surface area contributed by atoms with Crippen LogP contribution < -0.4 is 5.32 Å². The van der Waals surface area contributed by atoms with Crippen LogP contribution in [0.25, 0.3) is 0 Å². The van der Waals surface area contributed by atoms with Crippen molar-refractivity contribution in [1.29, 1.82) is 0 Å². The van der Waals surface area contributed by atoms with E-state index in [0.717, 1.165) is 11.1 Å². The quantitative estimate of drug-likeness (QED) is 0.939. The Kier molecular flexibility index (Phi) is 3.69. The fourth-order valence-corrected chi connectivity index (χ4v) is 2.53. The van der Waals surface area contributed by atoms with Crippen LogP contribution in [-0.2, 0) is 9.63 Å². The summed E-state index contributed by atoms with van der Waals surface area (Å²) in [5.74, 6) is -0.538. The minimum atomic E-state index is -0.445. The first-order valence-electron chi connectivity index (χ1n) is 6.87. The highest BCUT2D eigenvalue weighted by atomic mass is 16.6. The van der Waals surface area contributed by atoms with Crippen LogP contribution in [0.4, 0.5) is 0 Å². The van der Waals surface area contributed by atoms with Crippen molar-refractivity contribution >= 4 is 11.6 Å². The molecule has 0 saturated heterocycles. The van der Waals surface area contributed by atoms with E-state index in [2.05, 4.69) is 10.5 Å². The molecule has 0 spiro atoms. The zero-order valence-electron chi connectivity index (χ0n) is 11.7. The van der Waals surface area contributed by atoms with Gasteiger partial charge in [-0.2, -0.15) is 0 Å². The molecule has 0 aromatic heterocycles. The third-order valence-electron chi connectivity index (χ3n) is 3.59. The number of nitrogens with zero attached hydrogens (tertiary/aromatic N) is 1. The number of rotatable bonds is 3.